The molecule has 2 aromatic rings. The number of hydrogen-bond acceptors (Lipinski definition) is 6. The number of hydrogen-bond donors (Lipinski definition) is 1. The number of thioether (sulfide) groups is 1. The highest BCUT2D eigenvalue weighted by Gasteiger charge is 2.26. The second kappa shape index (κ2) is 7.89. The van der Waals surface area contributed by atoms with Gasteiger partial charge in [-0.3, -0.25) is 19.3 Å². The van der Waals surface area contributed by atoms with Crippen LogP contribution >= 0.6 is 11.8 Å². The van der Waals surface area contributed by atoms with Crippen LogP contribution in [0.1, 0.15) is 5.76 Å². The van der Waals surface area contributed by atoms with Gasteiger partial charge in [0.25, 0.3) is 5.91 Å². The lowest BCUT2D eigenvalue weighted by Gasteiger charge is -2.27. The predicted molar refractivity (Wildman–Crippen MR) is 91.0 cm³/mol. The number of benzene rings is 1. The van der Waals surface area contributed by atoms with Crippen LogP contribution in [0.15, 0.2) is 52.0 Å². The van der Waals surface area contributed by atoms with Crippen LogP contribution in [0.3, 0.4) is 0 Å². The predicted octanol–water partition coefficient (Wildman–Crippen LogP) is 1.58. The van der Waals surface area contributed by atoms with Crippen LogP contribution in [0.5, 0.6) is 0 Å². The largest absolute Gasteiger partial charge is 0.467 e. The molecule has 0 unspecified atom stereocenters. The number of amides is 2. The SMILES string of the molecule is O=C(COC(=O)CN1C(=O)CSc2ccccc21)NCc1ccco1. The van der Waals surface area contributed by atoms with Crippen LogP contribution in [-0.4, -0.2) is 36.7 Å². The first-order chi connectivity index (χ1) is 12.1. The van der Waals surface area contributed by atoms with Gasteiger partial charge in [0.2, 0.25) is 5.91 Å². The van der Waals surface area contributed by atoms with Crippen molar-refractivity contribution >= 4 is 35.2 Å². The van der Waals surface area contributed by atoms with Gasteiger partial charge in [-0.05, 0) is 24.3 Å². The number of furan rings is 1. The molecule has 1 aliphatic heterocycles. The van der Waals surface area contributed by atoms with Gasteiger partial charge in [0, 0.05) is 4.90 Å². The number of carbonyl (C=O) groups excluding carboxylic acids is 3. The Kier molecular flexibility index (Phi) is 5.39. The first-order valence-corrected chi connectivity index (χ1v) is 8.59. The van der Waals surface area contributed by atoms with Crippen LogP contribution in [0.4, 0.5) is 5.69 Å². The van der Waals surface area contributed by atoms with Crippen molar-refractivity contribution < 1.29 is 23.5 Å². The number of ether oxygens (including phenoxy) is 1. The lowest BCUT2D eigenvalue weighted by molar-refractivity contribution is -0.147. The quantitative estimate of drug-likeness (QED) is 0.787. The Morgan fingerprint density at radius 3 is 2.88 bits per heavy atom. The maximum absolute atomic E-state index is 12.1. The molecule has 0 fully saturated rings. The second-order valence-electron chi connectivity index (χ2n) is 5.25. The van der Waals surface area contributed by atoms with E-state index in [1.54, 1.807) is 24.3 Å². The zero-order chi connectivity index (χ0) is 17.6. The fraction of sp³-hybridized carbons (Fsp3) is 0.235. The molecule has 0 atom stereocenters. The third kappa shape index (κ3) is 4.42. The lowest BCUT2D eigenvalue weighted by Crippen LogP contribution is -2.40. The highest BCUT2D eigenvalue weighted by atomic mass is 32.2. The first kappa shape index (κ1) is 17.1. The van der Waals surface area contributed by atoms with Crippen molar-refractivity contribution in [2.75, 3.05) is 23.8 Å². The van der Waals surface area contributed by atoms with E-state index < -0.39 is 18.5 Å². The van der Waals surface area contributed by atoms with Crippen molar-refractivity contribution in [1.82, 2.24) is 5.32 Å². The van der Waals surface area contributed by atoms with Crippen molar-refractivity contribution in [2.24, 2.45) is 0 Å². The summed E-state index contributed by atoms with van der Waals surface area (Å²) >= 11 is 1.43. The minimum absolute atomic E-state index is 0.164. The molecule has 7 nitrogen and oxygen atoms in total. The first-order valence-electron chi connectivity index (χ1n) is 7.60. The molecule has 0 saturated heterocycles. The molecular weight excluding hydrogens is 344 g/mol. The number of nitrogens with zero attached hydrogens (tertiary/aromatic N) is 1. The van der Waals surface area contributed by atoms with Gasteiger partial charge >= 0.3 is 5.97 Å². The number of rotatable bonds is 6. The Morgan fingerprint density at radius 2 is 2.08 bits per heavy atom. The molecular formula is C17H16N2O5S. The summed E-state index contributed by atoms with van der Waals surface area (Å²) in [6, 6.07) is 10.8. The molecule has 3 rings (SSSR count). The molecule has 1 N–H and O–H groups in total. The van der Waals surface area contributed by atoms with Crippen LogP contribution in [0, 0.1) is 0 Å². The Hall–Kier alpha value is -2.74. The van der Waals surface area contributed by atoms with Gasteiger partial charge in [0.15, 0.2) is 6.61 Å². The third-order valence-corrected chi connectivity index (χ3v) is 4.55. The van der Waals surface area contributed by atoms with Crippen molar-refractivity contribution in [3.63, 3.8) is 0 Å². The van der Waals surface area contributed by atoms with E-state index in [0.29, 0.717) is 11.4 Å². The molecule has 0 aliphatic carbocycles. The average Bonchev–Trinajstić information content (AvgIpc) is 3.14. The molecule has 0 radical (unpaired) electrons. The second-order valence-corrected chi connectivity index (χ2v) is 6.27. The Balaban J connectivity index is 1.49. The van der Waals surface area contributed by atoms with E-state index in [1.807, 2.05) is 12.1 Å². The number of carbonyl (C=O) groups is 3. The van der Waals surface area contributed by atoms with Crippen molar-refractivity contribution in [3.8, 4) is 0 Å². The van der Waals surface area contributed by atoms with Crippen LogP contribution in [0.25, 0.3) is 0 Å². The van der Waals surface area contributed by atoms with Gasteiger partial charge in [-0.1, -0.05) is 12.1 Å². The summed E-state index contributed by atoms with van der Waals surface area (Å²) in [5.41, 5.74) is 0.683. The van der Waals surface area contributed by atoms with Crippen molar-refractivity contribution in [2.45, 2.75) is 11.4 Å². The normalized spacial score (nSPS) is 13.3. The van der Waals surface area contributed by atoms with E-state index in [2.05, 4.69) is 5.32 Å². The Bertz CT molecular complexity index is 775. The van der Waals surface area contributed by atoms with Crippen molar-refractivity contribution in [1.29, 1.82) is 0 Å². The number of para-hydroxylation sites is 1. The number of fused-ring (bicyclic) bond motifs is 1. The van der Waals surface area contributed by atoms with E-state index in [-0.39, 0.29) is 24.7 Å². The summed E-state index contributed by atoms with van der Waals surface area (Å²) in [5.74, 6) is -0.363. The summed E-state index contributed by atoms with van der Waals surface area (Å²) < 4.78 is 10.0. The van der Waals surface area contributed by atoms with E-state index in [0.717, 1.165) is 4.90 Å². The summed E-state index contributed by atoms with van der Waals surface area (Å²) in [5, 5.41) is 2.57. The lowest BCUT2D eigenvalue weighted by atomic mass is 10.2. The van der Waals surface area contributed by atoms with E-state index >= 15 is 0 Å². The fourth-order valence-electron chi connectivity index (χ4n) is 2.30. The van der Waals surface area contributed by atoms with Gasteiger partial charge in [0.05, 0.1) is 24.2 Å². The number of nitrogens with one attached hydrogen (secondary N) is 1. The van der Waals surface area contributed by atoms with Crippen LogP contribution in [0.2, 0.25) is 0 Å². The number of esters is 1. The molecule has 2 heterocycles. The molecule has 1 aromatic carbocycles. The summed E-state index contributed by atoms with van der Waals surface area (Å²) in [4.78, 5) is 38.1. The summed E-state index contributed by atoms with van der Waals surface area (Å²) in [6.07, 6.45) is 1.51. The molecule has 1 aromatic heterocycles. The van der Waals surface area contributed by atoms with Gasteiger partial charge in [-0.25, -0.2) is 0 Å². The van der Waals surface area contributed by atoms with Crippen LogP contribution in [-0.2, 0) is 25.7 Å². The molecule has 1 aliphatic rings. The molecule has 8 heteroatoms. The monoisotopic (exact) mass is 360 g/mol. The zero-order valence-electron chi connectivity index (χ0n) is 13.3. The van der Waals surface area contributed by atoms with E-state index in [4.69, 9.17) is 9.15 Å². The standard InChI is InChI=1S/C17H16N2O5S/c20-15(18-8-12-4-3-7-23-12)10-24-17(22)9-19-13-5-1-2-6-14(13)25-11-16(19)21/h1-7H,8-11H2,(H,18,20). The Labute approximate surface area is 148 Å². The average molecular weight is 360 g/mol. The maximum Gasteiger partial charge on any atom is 0.326 e. The minimum Gasteiger partial charge on any atom is -0.467 e. The van der Waals surface area contributed by atoms with E-state index in [1.165, 1.54) is 22.9 Å². The van der Waals surface area contributed by atoms with Crippen molar-refractivity contribution in [3.05, 3.63) is 48.4 Å². The summed E-state index contributed by atoms with van der Waals surface area (Å²) in [6.45, 7) is -0.404. The number of anilines is 1. The molecule has 2 amide bonds. The fourth-order valence-corrected chi connectivity index (χ4v) is 3.23. The van der Waals surface area contributed by atoms with Crippen LogP contribution < -0.4 is 10.2 Å². The van der Waals surface area contributed by atoms with Gasteiger partial charge in [-0.2, -0.15) is 0 Å². The highest BCUT2D eigenvalue weighted by molar-refractivity contribution is 8.00. The molecule has 0 spiro atoms. The minimum atomic E-state index is -0.636. The van der Waals surface area contributed by atoms with Gasteiger partial charge in [0.1, 0.15) is 12.3 Å². The Morgan fingerprint density at radius 1 is 1.24 bits per heavy atom. The molecule has 130 valence electrons. The molecule has 25 heavy (non-hydrogen) atoms. The van der Waals surface area contributed by atoms with Gasteiger partial charge < -0.3 is 14.5 Å². The van der Waals surface area contributed by atoms with E-state index in [9.17, 15) is 14.4 Å². The smallest absolute Gasteiger partial charge is 0.326 e. The molecule has 0 bridgehead atoms. The maximum atomic E-state index is 12.1. The molecule has 0 saturated carbocycles. The van der Waals surface area contributed by atoms with Gasteiger partial charge in [-0.15, -0.1) is 11.8 Å². The zero-order valence-corrected chi connectivity index (χ0v) is 14.1. The summed E-state index contributed by atoms with van der Waals surface area (Å²) in [7, 11) is 0. The highest BCUT2D eigenvalue weighted by Crippen LogP contribution is 2.34. The third-order valence-electron chi connectivity index (χ3n) is 3.50. The topological polar surface area (TPSA) is 88.9 Å².